The fraction of sp³-hybridized carbons (Fsp3) is 0.0667. The van der Waals surface area contributed by atoms with E-state index in [2.05, 4.69) is 10.5 Å². The molecule has 21 heavy (non-hydrogen) atoms. The SMILES string of the molecule is CC(=O)ONc1ccc(-c2nc3ccc(F)cc3s2)cc1. The minimum absolute atomic E-state index is 0.265. The molecule has 0 saturated heterocycles. The third kappa shape index (κ3) is 3.00. The molecule has 0 aliphatic rings. The highest BCUT2D eigenvalue weighted by Crippen LogP contribution is 2.31. The lowest BCUT2D eigenvalue weighted by atomic mass is 10.2. The standard InChI is InChI=1S/C15H11FN2O2S/c1-9(19)20-18-12-5-2-10(3-6-12)15-17-13-7-4-11(16)8-14(13)21-15/h2-8,18H,1H3. The summed E-state index contributed by atoms with van der Waals surface area (Å²) in [6.07, 6.45) is 0. The lowest BCUT2D eigenvalue weighted by Gasteiger charge is -2.04. The van der Waals surface area contributed by atoms with Crippen molar-refractivity contribution in [1.82, 2.24) is 4.98 Å². The highest BCUT2D eigenvalue weighted by atomic mass is 32.1. The van der Waals surface area contributed by atoms with Crippen LogP contribution in [0.25, 0.3) is 20.8 Å². The first-order valence-corrected chi connectivity index (χ1v) is 7.03. The van der Waals surface area contributed by atoms with E-state index in [0.717, 1.165) is 20.8 Å². The van der Waals surface area contributed by atoms with Crippen LogP contribution in [0.15, 0.2) is 42.5 Å². The van der Waals surface area contributed by atoms with E-state index >= 15 is 0 Å². The molecule has 1 aromatic heterocycles. The Morgan fingerprint density at radius 1 is 1.24 bits per heavy atom. The second kappa shape index (κ2) is 5.49. The fourth-order valence-electron chi connectivity index (χ4n) is 1.83. The summed E-state index contributed by atoms with van der Waals surface area (Å²) in [4.78, 5) is 19.9. The van der Waals surface area contributed by atoms with Gasteiger partial charge in [-0.1, -0.05) is 0 Å². The number of aromatic nitrogens is 1. The summed E-state index contributed by atoms with van der Waals surface area (Å²) in [5.41, 5.74) is 4.91. The number of nitrogens with one attached hydrogen (secondary N) is 1. The summed E-state index contributed by atoms with van der Waals surface area (Å²) in [7, 11) is 0. The third-order valence-corrected chi connectivity index (χ3v) is 3.86. The quantitative estimate of drug-likeness (QED) is 0.743. The number of nitrogens with zero attached hydrogens (tertiary/aromatic N) is 1. The van der Waals surface area contributed by atoms with Gasteiger partial charge in [0.1, 0.15) is 10.8 Å². The molecule has 0 spiro atoms. The predicted octanol–water partition coefficient (Wildman–Crippen LogP) is 3.99. The molecule has 0 amide bonds. The van der Waals surface area contributed by atoms with Crippen molar-refractivity contribution in [3.8, 4) is 10.6 Å². The molecule has 6 heteroatoms. The highest BCUT2D eigenvalue weighted by Gasteiger charge is 2.07. The lowest BCUT2D eigenvalue weighted by Crippen LogP contribution is -2.05. The van der Waals surface area contributed by atoms with E-state index < -0.39 is 5.97 Å². The Bertz CT molecular complexity index is 799. The molecule has 1 heterocycles. The highest BCUT2D eigenvalue weighted by molar-refractivity contribution is 7.21. The van der Waals surface area contributed by atoms with Gasteiger partial charge in [-0.25, -0.2) is 14.9 Å². The predicted molar refractivity (Wildman–Crippen MR) is 80.4 cm³/mol. The van der Waals surface area contributed by atoms with Gasteiger partial charge in [0.15, 0.2) is 0 Å². The monoisotopic (exact) mass is 302 g/mol. The van der Waals surface area contributed by atoms with Crippen molar-refractivity contribution in [2.45, 2.75) is 6.92 Å². The Morgan fingerprint density at radius 3 is 2.71 bits per heavy atom. The number of rotatable bonds is 3. The average Bonchev–Trinajstić information content (AvgIpc) is 2.88. The zero-order valence-electron chi connectivity index (χ0n) is 11.1. The summed E-state index contributed by atoms with van der Waals surface area (Å²) in [5, 5.41) is 0.814. The van der Waals surface area contributed by atoms with Gasteiger partial charge in [0, 0.05) is 12.5 Å². The number of fused-ring (bicyclic) bond motifs is 1. The molecule has 0 radical (unpaired) electrons. The van der Waals surface area contributed by atoms with Crippen LogP contribution in [-0.4, -0.2) is 11.0 Å². The Kier molecular flexibility index (Phi) is 3.53. The minimum Gasteiger partial charge on any atom is -0.344 e. The number of thiazole rings is 1. The maximum atomic E-state index is 13.2. The van der Waals surface area contributed by atoms with E-state index in [1.807, 2.05) is 12.1 Å². The molecule has 0 saturated carbocycles. The zero-order chi connectivity index (χ0) is 14.8. The van der Waals surface area contributed by atoms with Crippen LogP contribution in [-0.2, 0) is 9.63 Å². The second-order valence-electron chi connectivity index (χ2n) is 4.40. The van der Waals surface area contributed by atoms with Crippen LogP contribution in [0.5, 0.6) is 0 Å². The summed E-state index contributed by atoms with van der Waals surface area (Å²) in [6, 6.07) is 11.8. The van der Waals surface area contributed by atoms with Gasteiger partial charge >= 0.3 is 5.97 Å². The fourth-order valence-corrected chi connectivity index (χ4v) is 2.83. The molecule has 0 atom stereocenters. The van der Waals surface area contributed by atoms with Crippen LogP contribution in [0.1, 0.15) is 6.92 Å². The van der Waals surface area contributed by atoms with Gasteiger partial charge in [0.05, 0.1) is 15.9 Å². The summed E-state index contributed by atoms with van der Waals surface area (Å²) in [6.45, 7) is 1.32. The molecule has 0 aliphatic heterocycles. The third-order valence-electron chi connectivity index (χ3n) is 2.79. The van der Waals surface area contributed by atoms with Crippen molar-refractivity contribution in [2.24, 2.45) is 0 Å². The minimum atomic E-state index is -0.410. The Hall–Kier alpha value is -2.47. The number of hydrogen-bond donors (Lipinski definition) is 1. The second-order valence-corrected chi connectivity index (χ2v) is 5.43. The molecule has 1 N–H and O–H groups in total. The summed E-state index contributed by atoms with van der Waals surface area (Å²) < 4.78 is 14.0. The first-order chi connectivity index (χ1) is 10.1. The maximum Gasteiger partial charge on any atom is 0.329 e. The largest absolute Gasteiger partial charge is 0.344 e. The van der Waals surface area contributed by atoms with Gasteiger partial charge in [0.25, 0.3) is 0 Å². The van der Waals surface area contributed by atoms with Crippen LogP contribution >= 0.6 is 11.3 Å². The average molecular weight is 302 g/mol. The van der Waals surface area contributed by atoms with Crippen molar-refractivity contribution < 1.29 is 14.0 Å². The Balaban J connectivity index is 1.86. The number of carbonyl (C=O) groups excluding carboxylic acids is 1. The van der Waals surface area contributed by atoms with Crippen molar-refractivity contribution in [1.29, 1.82) is 0 Å². The molecule has 0 aliphatic carbocycles. The van der Waals surface area contributed by atoms with Crippen molar-refractivity contribution in [3.05, 3.63) is 48.3 Å². The van der Waals surface area contributed by atoms with Crippen molar-refractivity contribution in [3.63, 3.8) is 0 Å². The van der Waals surface area contributed by atoms with Crippen LogP contribution in [0, 0.1) is 5.82 Å². The zero-order valence-corrected chi connectivity index (χ0v) is 11.9. The van der Waals surface area contributed by atoms with Gasteiger partial charge in [-0.15, -0.1) is 11.3 Å². The van der Waals surface area contributed by atoms with Crippen molar-refractivity contribution >= 4 is 33.2 Å². The molecule has 4 nitrogen and oxygen atoms in total. The lowest BCUT2D eigenvalue weighted by molar-refractivity contribution is -0.138. The van der Waals surface area contributed by atoms with Crippen LogP contribution < -0.4 is 5.48 Å². The van der Waals surface area contributed by atoms with E-state index in [1.54, 1.807) is 18.2 Å². The van der Waals surface area contributed by atoms with Gasteiger partial charge in [-0.2, -0.15) is 0 Å². The normalized spacial score (nSPS) is 10.6. The molecule has 0 fully saturated rings. The van der Waals surface area contributed by atoms with Crippen LogP contribution in [0.4, 0.5) is 10.1 Å². The molecule has 0 unspecified atom stereocenters. The van der Waals surface area contributed by atoms with E-state index in [1.165, 1.54) is 30.4 Å². The van der Waals surface area contributed by atoms with Crippen molar-refractivity contribution in [2.75, 3.05) is 5.48 Å². The van der Waals surface area contributed by atoms with Crippen LogP contribution in [0.2, 0.25) is 0 Å². The summed E-state index contributed by atoms with van der Waals surface area (Å²) in [5.74, 6) is -0.675. The molecule has 106 valence electrons. The Morgan fingerprint density at radius 2 is 2.00 bits per heavy atom. The molecule has 2 aromatic carbocycles. The maximum absolute atomic E-state index is 13.2. The number of carbonyl (C=O) groups is 1. The first kappa shape index (κ1) is 13.5. The van der Waals surface area contributed by atoms with Gasteiger partial charge in [-0.3, -0.25) is 4.79 Å². The number of benzene rings is 2. The molecule has 3 rings (SSSR count). The topological polar surface area (TPSA) is 51.2 Å². The van der Waals surface area contributed by atoms with Crippen LogP contribution in [0.3, 0.4) is 0 Å². The smallest absolute Gasteiger partial charge is 0.329 e. The van der Waals surface area contributed by atoms with E-state index in [9.17, 15) is 9.18 Å². The Labute approximate surface area is 124 Å². The molecular weight excluding hydrogens is 291 g/mol. The van der Waals surface area contributed by atoms with E-state index in [0.29, 0.717) is 5.69 Å². The van der Waals surface area contributed by atoms with E-state index in [4.69, 9.17) is 4.84 Å². The molecule has 0 bridgehead atoms. The number of halogens is 1. The molecule has 3 aromatic rings. The number of anilines is 1. The first-order valence-electron chi connectivity index (χ1n) is 6.22. The van der Waals surface area contributed by atoms with E-state index in [-0.39, 0.29) is 5.82 Å². The van der Waals surface area contributed by atoms with Gasteiger partial charge < -0.3 is 4.84 Å². The van der Waals surface area contributed by atoms with Gasteiger partial charge in [0.2, 0.25) is 0 Å². The van der Waals surface area contributed by atoms with Gasteiger partial charge in [-0.05, 0) is 42.5 Å². The number of hydrogen-bond acceptors (Lipinski definition) is 5. The molecular formula is C15H11FN2O2S. The summed E-state index contributed by atoms with van der Waals surface area (Å²) >= 11 is 1.43.